The van der Waals surface area contributed by atoms with E-state index in [1.807, 2.05) is 12.1 Å². The molecule has 0 saturated carbocycles. The lowest BCUT2D eigenvalue weighted by Gasteiger charge is -2.33. The molecule has 4 atom stereocenters. The molecule has 2 aliphatic rings. The first-order valence-electron chi connectivity index (χ1n) is 10.1. The Morgan fingerprint density at radius 2 is 1.81 bits per heavy atom. The van der Waals surface area contributed by atoms with Crippen molar-refractivity contribution in [3.63, 3.8) is 0 Å². The van der Waals surface area contributed by atoms with Crippen molar-refractivity contribution in [1.29, 1.82) is 0 Å². The maximum absolute atomic E-state index is 6.24. The summed E-state index contributed by atoms with van der Waals surface area (Å²) < 4.78 is 8.84. The van der Waals surface area contributed by atoms with Gasteiger partial charge >= 0.3 is 5.90 Å². The fourth-order valence-electron chi connectivity index (χ4n) is 4.82. The Hall–Kier alpha value is -1.80. The van der Waals surface area contributed by atoms with Crippen molar-refractivity contribution in [1.82, 2.24) is 0 Å². The molecule has 0 amide bonds. The fraction of sp³-hybridized carbons (Fsp3) is 0.458. The van der Waals surface area contributed by atoms with E-state index in [1.54, 1.807) is 0 Å². The van der Waals surface area contributed by atoms with E-state index < -0.39 is 0 Å². The molecule has 0 saturated heterocycles. The monoisotopic (exact) mass is 382 g/mol. The Kier molecular flexibility index (Phi) is 5.03. The SMILES string of the molecule is Cc1cccc(C2CC(C)C3=[N+](C(C(C)C)CO3)C2c2ccc(Cl)cc2)c1. The number of nitrogens with zero attached hydrogens (tertiary/aromatic N) is 1. The summed E-state index contributed by atoms with van der Waals surface area (Å²) in [6.07, 6.45) is 1.10. The van der Waals surface area contributed by atoms with Gasteiger partial charge in [-0.25, -0.2) is 0 Å². The topological polar surface area (TPSA) is 12.2 Å². The lowest BCUT2D eigenvalue weighted by atomic mass is 9.77. The smallest absolute Gasteiger partial charge is 0.340 e. The highest BCUT2D eigenvalue weighted by molar-refractivity contribution is 6.30. The first kappa shape index (κ1) is 18.6. The highest BCUT2D eigenvalue weighted by Gasteiger charge is 2.51. The lowest BCUT2D eigenvalue weighted by Crippen LogP contribution is -2.42. The van der Waals surface area contributed by atoms with Crippen LogP contribution in [-0.4, -0.2) is 23.1 Å². The Bertz CT molecular complexity index is 855. The van der Waals surface area contributed by atoms with Crippen LogP contribution in [0.5, 0.6) is 0 Å². The van der Waals surface area contributed by atoms with Crippen molar-refractivity contribution in [2.24, 2.45) is 11.8 Å². The molecule has 0 aromatic heterocycles. The van der Waals surface area contributed by atoms with Gasteiger partial charge in [0, 0.05) is 16.5 Å². The third kappa shape index (κ3) is 3.40. The van der Waals surface area contributed by atoms with Crippen LogP contribution in [0.3, 0.4) is 0 Å². The summed E-state index contributed by atoms with van der Waals surface area (Å²) in [6, 6.07) is 18.1. The summed E-state index contributed by atoms with van der Waals surface area (Å²) in [6.45, 7) is 9.89. The van der Waals surface area contributed by atoms with Crippen LogP contribution in [0.1, 0.15) is 55.8 Å². The number of benzene rings is 2. The molecular formula is C24H29ClNO+. The number of hydrogen-bond acceptors (Lipinski definition) is 1. The Balaban J connectivity index is 1.87. The van der Waals surface area contributed by atoms with Gasteiger partial charge in [0.25, 0.3) is 0 Å². The standard InChI is InChI=1S/C24H29ClNO/c1-15(2)22-14-27-24-17(4)13-21(19-7-5-6-16(3)12-19)23(26(22)24)18-8-10-20(25)11-9-18/h5-12,15,17,21-23H,13-14H2,1-4H3/q+1. The maximum Gasteiger partial charge on any atom is 0.340 e. The molecule has 27 heavy (non-hydrogen) atoms. The zero-order chi connectivity index (χ0) is 19.1. The van der Waals surface area contributed by atoms with Crippen LogP contribution in [-0.2, 0) is 4.74 Å². The van der Waals surface area contributed by atoms with Gasteiger partial charge in [0.2, 0.25) is 0 Å². The molecule has 2 aromatic carbocycles. The fourth-order valence-corrected chi connectivity index (χ4v) is 4.95. The second kappa shape index (κ2) is 7.31. The van der Waals surface area contributed by atoms with E-state index in [-0.39, 0.29) is 6.04 Å². The van der Waals surface area contributed by atoms with Crippen molar-refractivity contribution in [2.75, 3.05) is 6.61 Å². The zero-order valence-corrected chi connectivity index (χ0v) is 17.4. The van der Waals surface area contributed by atoms with E-state index in [4.69, 9.17) is 16.3 Å². The molecule has 3 heteroatoms. The van der Waals surface area contributed by atoms with Gasteiger partial charge in [-0.3, -0.25) is 0 Å². The minimum atomic E-state index is 0.283. The van der Waals surface area contributed by atoms with E-state index >= 15 is 0 Å². The highest BCUT2D eigenvalue weighted by Crippen LogP contribution is 2.45. The van der Waals surface area contributed by atoms with Crippen LogP contribution >= 0.6 is 11.6 Å². The maximum atomic E-state index is 6.24. The molecule has 2 aliphatic heterocycles. The molecular weight excluding hydrogens is 354 g/mol. The summed E-state index contributed by atoms with van der Waals surface area (Å²) >= 11 is 6.19. The minimum absolute atomic E-state index is 0.283. The summed E-state index contributed by atoms with van der Waals surface area (Å²) in [5.74, 6) is 2.59. The number of aryl methyl sites for hydroxylation is 1. The van der Waals surface area contributed by atoms with E-state index in [2.05, 4.69) is 68.7 Å². The quantitative estimate of drug-likeness (QED) is 0.595. The molecule has 0 aliphatic carbocycles. The van der Waals surface area contributed by atoms with E-state index in [0.717, 1.165) is 18.1 Å². The molecule has 0 radical (unpaired) electrons. The first-order valence-corrected chi connectivity index (χ1v) is 10.4. The zero-order valence-electron chi connectivity index (χ0n) is 16.7. The number of rotatable bonds is 3. The van der Waals surface area contributed by atoms with Crippen LogP contribution in [0, 0.1) is 18.8 Å². The average molecular weight is 383 g/mol. The molecule has 0 spiro atoms. The van der Waals surface area contributed by atoms with Crippen molar-refractivity contribution in [2.45, 2.75) is 52.1 Å². The van der Waals surface area contributed by atoms with Crippen LogP contribution in [0.15, 0.2) is 48.5 Å². The number of ether oxygens (including phenoxy) is 1. The largest absolute Gasteiger partial charge is 0.441 e. The van der Waals surface area contributed by atoms with E-state index in [1.165, 1.54) is 22.6 Å². The van der Waals surface area contributed by atoms with Gasteiger partial charge in [-0.05, 0) is 38.0 Å². The number of hydrogen-bond donors (Lipinski definition) is 0. The van der Waals surface area contributed by atoms with Gasteiger partial charge in [-0.2, -0.15) is 4.58 Å². The Morgan fingerprint density at radius 1 is 1.07 bits per heavy atom. The van der Waals surface area contributed by atoms with Crippen LogP contribution < -0.4 is 0 Å². The average Bonchev–Trinajstić information content (AvgIpc) is 3.08. The third-order valence-corrected chi connectivity index (χ3v) is 6.43. The second-order valence-electron chi connectivity index (χ2n) is 8.52. The molecule has 2 nitrogen and oxygen atoms in total. The molecule has 4 unspecified atom stereocenters. The summed E-state index contributed by atoms with van der Waals surface area (Å²) in [7, 11) is 0. The lowest BCUT2D eigenvalue weighted by molar-refractivity contribution is -0.614. The third-order valence-electron chi connectivity index (χ3n) is 6.17. The van der Waals surface area contributed by atoms with Gasteiger partial charge in [-0.1, -0.05) is 67.4 Å². The predicted molar refractivity (Wildman–Crippen MR) is 112 cm³/mol. The van der Waals surface area contributed by atoms with Crippen molar-refractivity contribution >= 4 is 17.5 Å². The van der Waals surface area contributed by atoms with Gasteiger partial charge in [-0.15, -0.1) is 0 Å². The molecule has 142 valence electrons. The molecule has 0 bridgehead atoms. The van der Waals surface area contributed by atoms with Crippen molar-refractivity contribution < 1.29 is 9.31 Å². The Morgan fingerprint density at radius 3 is 2.48 bits per heavy atom. The van der Waals surface area contributed by atoms with Crippen LogP contribution in [0.25, 0.3) is 0 Å². The molecule has 4 rings (SSSR count). The highest BCUT2D eigenvalue weighted by atomic mass is 35.5. The van der Waals surface area contributed by atoms with Gasteiger partial charge in [0.15, 0.2) is 18.7 Å². The van der Waals surface area contributed by atoms with Gasteiger partial charge in [0.1, 0.15) is 0 Å². The van der Waals surface area contributed by atoms with Gasteiger partial charge < -0.3 is 4.74 Å². The first-order chi connectivity index (χ1) is 13.0. The number of halogens is 1. The molecule has 2 aromatic rings. The van der Waals surface area contributed by atoms with E-state index in [0.29, 0.717) is 23.8 Å². The summed E-state index contributed by atoms with van der Waals surface area (Å²) in [4.78, 5) is 0. The van der Waals surface area contributed by atoms with Crippen molar-refractivity contribution in [3.05, 3.63) is 70.2 Å². The normalized spacial score (nSPS) is 27.6. The van der Waals surface area contributed by atoms with Gasteiger partial charge in [0.05, 0.1) is 11.8 Å². The predicted octanol–water partition coefficient (Wildman–Crippen LogP) is 5.98. The van der Waals surface area contributed by atoms with E-state index in [9.17, 15) is 0 Å². The molecule has 0 N–H and O–H groups in total. The molecule has 2 heterocycles. The summed E-state index contributed by atoms with van der Waals surface area (Å²) in [5.41, 5.74) is 4.07. The second-order valence-corrected chi connectivity index (χ2v) is 8.96. The minimum Gasteiger partial charge on any atom is -0.441 e. The van der Waals surface area contributed by atoms with Crippen LogP contribution in [0.4, 0.5) is 0 Å². The molecule has 0 fully saturated rings. The van der Waals surface area contributed by atoms with Crippen molar-refractivity contribution in [3.8, 4) is 0 Å². The Labute approximate surface area is 167 Å². The van der Waals surface area contributed by atoms with Crippen LogP contribution in [0.2, 0.25) is 5.02 Å². The summed E-state index contributed by atoms with van der Waals surface area (Å²) in [5, 5.41) is 0.789.